The van der Waals surface area contributed by atoms with Gasteiger partial charge in [-0.2, -0.15) is 13.2 Å². The zero-order valence-electron chi connectivity index (χ0n) is 17.3. The summed E-state index contributed by atoms with van der Waals surface area (Å²) in [5, 5.41) is 0. The number of hydrogen-bond donors (Lipinski definition) is 0. The number of rotatable bonds is 11. The molecule has 168 valence electrons. The van der Waals surface area contributed by atoms with E-state index in [9.17, 15) is 27.6 Å². The van der Waals surface area contributed by atoms with Gasteiger partial charge >= 0.3 is 15.0 Å². The molecular weight excluding hydrogens is 421 g/mol. The molecule has 6 nitrogen and oxygen atoms in total. The summed E-state index contributed by atoms with van der Waals surface area (Å²) in [6.45, 7) is 4.69. The van der Waals surface area contributed by atoms with Crippen LogP contribution < -0.4 is 0 Å². The number of alkyl halides is 3. The van der Waals surface area contributed by atoms with E-state index in [1.807, 2.05) is 0 Å². The highest BCUT2D eigenvalue weighted by Gasteiger charge is 2.52. The number of carbonyl (C=O) groups excluding carboxylic acids is 3. The van der Waals surface area contributed by atoms with E-state index in [2.05, 4.69) is 0 Å². The maximum absolute atomic E-state index is 12.6. The van der Waals surface area contributed by atoms with E-state index in [1.165, 1.54) is 12.1 Å². The van der Waals surface area contributed by atoms with Crippen LogP contribution in [0.3, 0.4) is 0 Å². The van der Waals surface area contributed by atoms with E-state index in [1.54, 1.807) is 20.8 Å². The molecule has 0 fully saturated rings. The summed E-state index contributed by atoms with van der Waals surface area (Å²) >= 11 is 0. The topological polar surface area (TPSA) is 78.9 Å². The first-order valence-electron chi connectivity index (χ1n) is 9.86. The van der Waals surface area contributed by atoms with Crippen molar-refractivity contribution in [1.82, 2.24) is 0 Å². The van der Waals surface area contributed by atoms with E-state index >= 15 is 0 Å². The first kappa shape index (κ1) is 25.7. The fraction of sp³-hybridized carbons (Fsp3) is 0.550. The van der Waals surface area contributed by atoms with Crippen LogP contribution in [0, 0.1) is 0 Å². The van der Waals surface area contributed by atoms with Gasteiger partial charge in [-0.3, -0.25) is 14.4 Å². The van der Waals surface area contributed by atoms with Crippen LogP contribution in [0.4, 0.5) is 13.2 Å². The van der Waals surface area contributed by atoms with Crippen LogP contribution in [0.2, 0.25) is 6.04 Å². The fourth-order valence-corrected chi connectivity index (χ4v) is 5.07. The molecule has 0 aliphatic heterocycles. The molecule has 0 aliphatic carbocycles. The molecule has 30 heavy (non-hydrogen) atoms. The third kappa shape index (κ3) is 8.56. The standard InChI is InChI=1S/C20H27F3O6Si/c1-4-17(24)27-30(28-18(25)5-2,29-19(26)6-3)14-8-7-9-15-10-12-16(13-11-15)20(21,22)23/h10-13H,4-9,14H2,1-3H3. The Morgan fingerprint density at radius 1 is 0.800 bits per heavy atom. The molecule has 0 saturated carbocycles. The number of aryl methyl sites for hydroxylation is 1. The molecule has 0 aromatic heterocycles. The molecule has 0 bridgehead atoms. The fourth-order valence-electron chi connectivity index (χ4n) is 2.48. The Hall–Kier alpha value is -2.36. The highest BCUT2D eigenvalue weighted by molar-refractivity contribution is 6.65. The van der Waals surface area contributed by atoms with Crippen LogP contribution in [0.15, 0.2) is 24.3 Å². The van der Waals surface area contributed by atoms with E-state index < -0.39 is 38.5 Å². The second-order valence-electron chi connectivity index (χ2n) is 6.57. The Bertz CT molecular complexity index is 673. The Morgan fingerprint density at radius 2 is 1.23 bits per heavy atom. The van der Waals surface area contributed by atoms with Gasteiger partial charge < -0.3 is 13.3 Å². The molecule has 0 spiro atoms. The third-order valence-corrected chi connectivity index (χ3v) is 6.74. The molecule has 1 aromatic rings. The molecule has 0 N–H and O–H groups in total. The molecule has 0 aliphatic rings. The summed E-state index contributed by atoms with van der Waals surface area (Å²) in [4.78, 5) is 35.6. The average Bonchev–Trinajstić information content (AvgIpc) is 2.70. The highest BCUT2D eigenvalue weighted by atomic mass is 28.4. The minimum atomic E-state index is -4.39. The summed E-state index contributed by atoms with van der Waals surface area (Å²) in [5.41, 5.74) is -0.0148. The first-order chi connectivity index (χ1) is 14.0. The normalized spacial score (nSPS) is 11.7. The second-order valence-corrected chi connectivity index (χ2v) is 9.05. The largest absolute Gasteiger partial charge is 0.705 e. The number of benzene rings is 1. The zero-order valence-corrected chi connectivity index (χ0v) is 18.3. The molecule has 0 heterocycles. The molecule has 0 radical (unpaired) electrons. The molecular formula is C20H27F3O6Si. The van der Waals surface area contributed by atoms with Crippen molar-refractivity contribution in [1.29, 1.82) is 0 Å². The number of halogens is 3. The molecule has 0 saturated heterocycles. The van der Waals surface area contributed by atoms with Gasteiger partial charge in [-0.05, 0) is 37.0 Å². The molecule has 0 atom stereocenters. The highest BCUT2D eigenvalue weighted by Crippen LogP contribution is 2.29. The average molecular weight is 449 g/mol. The lowest BCUT2D eigenvalue weighted by Crippen LogP contribution is -2.50. The monoisotopic (exact) mass is 448 g/mol. The van der Waals surface area contributed by atoms with Crippen molar-refractivity contribution < 1.29 is 40.8 Å². The lowest BCUT2D eigenvalue weighted by Gasteiger charge is -2.27. The number of carbonyl (C=O) groups is 3. The SMILES string of the molecule is CCC(=O)O[Si](CCCCc1ccc(C(F)(F)F)cc1)(OC(=O)CC)OC(=O)CC. The molecule has 1 rings (SSSR count). The van der Waals surface area contributed by atoms with Crippen LogP contribution in [0.25, 0.3) is 0 Å². The van der Waals surface area contributed by atoms with Gasteiger partial charge in [0, 0.05) is 19.3 Å². The van der Waals surface area contributed by atoms with Gasteiger partial charge in [0.1, 0.15) is 0 Å². The number of hydrogen-bond acceptors (Lipinski definition) is 6. The summed E-state index contributed by atoms with van der Waals surface area (Å²) in [6, 6.07) is 4.89. The van der Waals surface area contributed by atoms with Crippen molar-refractivity contribution in [3.8, 4) is 0 Å². The molecule has 0 unspecified atom stereocenters. The van der Waals surface area contributed by atoms with Crippen molar-refractivity contribution in [2.45, 2.75) is 71.5 Å². The predicted octanol–water partition coefficient (Wildman–Crippen LogP) is 4.83. The lowest BCUT2D eigenvalue weighted by molar-refractivity contribution is -0.150. The van der Waals surface area contributed by atoms with Gasteiger partial charge in [-0.25, -0.2) is 0 Å². The summed E-state index contributed by atoms with van der Waals surface area (Å²) in [5.74, 6) is -1.92. The van der Waals surface area contributed by atoms with E-state index in [0.29, 0.717) is 24.8 Å². The summed E-state index contributed by atoms with van der Waals surface area (Å²) in [6.07, 6.45) is -2.96. The Morgan fingerprint density at radius 3 is 1.60 bits per heavy atom. The smallest absolute Gasteiger partial charge is 0.455 e. The van der Waals surface area contributed by atoms with Crippen LogP contribution in [0.5, 0.6) is 0 Å². The van der Waals surface area contributed by atoms with E-state index in [0.717, 1.165) is 12.1 Å². The molecule has 1 aromatic carbocycles. The van der Waals surface area contributed by atoms with Crippen LogP contribution in [-0.2, 0) is 40.3 Å². The van der Waals surface area contributed by atoms with Crippen molar-refractivity contribution in [2.24, 2.45) is 0 Å². The minimum absolute atomic E-state index is 0.0215. The van der Waals surface area contributed by atoms with Crippen LogP contribution >= 0.6 is 0 Å². The van der Waals surface area contributed by atoms with Crippen molar-refractivity contribution in [3.05, 3.63) is 35.4 Å². The Kier molecular flexibility index (Phi) is 10.0. The first-order valence-corrected chi connectivity index (χ1v) is 11.8. The maximum atomic E-state index is 12.6. The van der Waals surface area contributed by atoms with Gasteiger partial charge in [0.15, 0.2) is 0 Å². The van der Waals surface area contributed by atoms with Gasteiger partial charge in [-0.1, -0.05) is 32.9 Å². The Balaban J connectivity index is 2.82. The maximum Gasteiger partial charge on any atom is 0.705 e. The van der Waals surface area contributed by atoms with Crippen molar-refractivity contribution in [2.75, 3.05) is 0 Å². The second kappa shape index (κ2) is 11.7. The lowest BCUT2D eigenvalue weighted by atomic mass is 10.1. The Labute approximate surface area is 175 Å². The number of unbranched alkanes of at least 4 members (excludes halogenated alkanes) is 1. The van der Waals surface area contributed by atoms with Gasteiger partial charge in [0.05, 0.1) is 11.6 Å². The minimum Gasteiger partial charge on any atom is -0.455 e. The summed E-state index contributed by atoms with van der Waals surface area (Å²) in [7, 11) is -3.92. The van der Waals surface area contributed by atoms with Gasteiger partial charge in [-0.15, -0.1) is 0 Å². The molecule has 10 heteroatoms. The van der Waals surface area contributed by atoms with Gasteiger partial charge in [0.25, 0.3) is 17.9 Å². The van der Waals surface area contributed by atoms with E-state index in [-0.39, 0.29) is 25.3 Å². The van der Waals surface area contributed by atoms with Crippen molar-refractivity contribution in [3.63, 3.8) is 0 Å². The van der Waals surface area contributed by atoms with E-state index in [4.69, 9.17) is 13.3 Å². The quantitative estimate of drug-likeness (QED) is 0.357. The third-order valence-electron chi connectivity index (χ3n) is 4.15. The zero-order chi connectivity index (χ0) is 22.8. The van der Waals surface area contributed by atoms with Crippen LogP contribution in [-0.4, -0.2) is 26.7 Å². The summed E-state index contributed by atoms with van der Waals surface area (Å²) < 4.78 is 53.9. The predicted molar refractivity (Wildman–Crippen MR) is 104 cm³/mol. The van der Waals surface area contributed by atoms with Gasteiger partial charge in [0.2, 0.25) is 0 Å². The van der Waals surface area contributed by atoms with Crippen LogP contribution in [0.1, 0.15) is 64.0 Å². The molecule has 0 amide bonds. The van der Waals surface area contributed by atoms with Crippen molar-refractivity contribution >= 4 is 26.7 Å².